The summed E-state index contributed by atoms with van der Waals surface area (Å²) in [6, 6.07) is 12.6. The number of nitrogens with zero attached hydrogens (tertiary/aromatic N) is 6. The van der Waals surface area contributed by atoms with E-state index in [2.05, 4.69) is 20.4 Å². The molecule has 2 aromatic carbocycles. The maximum absolute atomic E-state index is 13.9. The second-order valence-electron chi connectivity index (χ2n) is 6.53. The molecule has 1 fully saturated rings. The maximum Gasteiger partial charge on any atom is 0.256 e. The van der Waals surface area contributed by atoms with Crippen molar-refractivity contribution in [3.05, 3.63) is 71.6 Å². The van der Waals surface area contributed by atoms with E-state index in [9.17, 15) is 13.6 Å². The van der Waals surface area contributed by atoms with E-state index in [-0.39, 0.29) is 5.56 Å². The van der Waals surface area contributed by atoms with E-state index >= 15 is 0 Å². The van der Waals surface area contributed by atoms with Gasteiger partial charge in [-0.25, -0.2) is 8.78 Å². The van der Waals surface area contributed by atoms with E-state index in [1.807, 2.05) is 30.3 Å². The summed E-state index contributed by atoms with van der Waals surface area (Å²) in [5.74, 6) is -1.26. The van der Waals surface area contributed by atoms with Crippen molar-refractivity contribution in [3.63, 3.8) is 0 Å². The third kappa shape index (κ3) is 3.74. The zero-order chi connectivity index (χ0) is 19.5. The Morgan fingerprint density at radius 1 is 1.00 bits per heavy atom. The maximum atomic E-state index is 13.9. The van der Waals surface area contributed by atoms with E-state index in [1.54, 1.807) is 9.58 Å². The highest BCUT2D eigenvalue weighted by atomic mass is 19.1. The van der Waals surface area contributed by atoms with Crippen molar-refractivity contribution in [1.82, 2.24) is 30.0 Å². The molecule has 1 amide bonds. The number of halogens is 2. The predicted octanol–water partition coefficient (Wildman–Crippen LogP) is 1.90. The van der Waals surface area contributed by atoms with Gasteiger partial charge in [0.15, 0.2) is 5.82 Å². The van der Waals surface area contributed by atoms with Crippen LogP contribution in [0.25, 0.3) is 5.69 Å². The molecule has 144 valence electrons. The summed E-state index contributed by atoms with van der Waals surface area (Å²) in [6.45, 7) is 2.65. The van der Waals surface area contributed by atoms with E-state index in [1.165, 1.54) is 6.07 Å². The number of carbonyl (C=O) groups is 1. The number of hydrogen-bond acceptors (Lipinski definition) is 5. The third-order valence-corrected chi connectivity index (χ3v) is 4.72. The molecule has 2 heterocycles. The lowest BCUT2D eigenvalue weighted by Crippen LogP contribution is -2.48. The SMILES string of the molecule is O=C(c1ccc(F)cc1F)N1CCN(Cc2nnnn2-c2ccccc2)CC1. The average molecular weight is 384 g/mol. The second kappa shape index (κ2) is 7.81. The summed E-state index contributed by atoms with van der Waals surface area (Å²) in [6.07, 6.45) is 0. The number of rotatable bonds is 4. The van der Waals surface area contributed by atoms with Gasteiger partial charge in [0.1, 0.15) is 11.6 Å². The number of para-hydroxylation sites is 1. The topological polar surface area (TPSA) is 67.2 Å². The van der Waals surface area contributed by atoms with Crippen LogP contribution in [0.1, 0.15) is 16.2 Å². The summed E-state index contributed by atoms with van der Waals surface area (Å²) in [5.41, 5.74) is 0.769. The summed E-state index contributed by atoms with van der Waals surface area (Å²) < 4.78 is 28.6. The molecular weight excluding hydrogens is 366 g/mol. The third-order valence-electron chi connectivity index (χ3n) is 4.72. The van der Waals surface area contributed by atoms with Gasteiger partial charge in [-0.3, -0.25) is 9.69 Å². The number of piperazine rings is 1. The Hall–Kier alpha value is -3.20. The highest BCUT2D eigenvalue weighted by Gasteiger charge is 2.25. The molecule has 0 unspecified atom stereocenters. The van der Waals surface area contributed by atoms with E-state index in [0.29, 0.717) is 38.5 Å². The first-order chi connectivity index (χ1) is 13.6. The molecule has 0 aliphatic carbocycles. The largest absolute Gasteiger partial charge is 0.336 e. The molecular formula is C19H18F2N6O. The van der Waals surface area contributed by atoms with Crippen molar-refractivity contribution in [1.29, 1.82) is 0 Å². The van der Waals surface area contributed by atoms with Gasteiger partial charge in [-0.05, 0) is 34.7 Å². The highest BCUT2D eigenvalue weighted by molar-refractivity contribution is 5.94. The lowest BCUT2D eigenvalue weighted by atomic mass is 10.1. The summed E-state index contributed by atoms with van der Waals surface area (Å²) in [7, 11) is 0. The van der Waals surface area contributed by atoms with Crippen molar-refractivity contribution < 1.29 is 13.6 Å². The number of hydrogen-bond donors (Lipinski definition) is 0. The first-order valence-corrected chi connectivity index (χ1v) is 8.91. The molecule has 1 saturated heterocycles. The molecule has 9 heteroatoms. The van der Waals surface area contributed by atoms with Crippen LogP contribution in [0.4, 0.5) is 8.78 Å². The van der Waals surface area contributed by atoms with E-state index < -0.39 is 17.5 Å². The standard InChI is InChI=1S/C19H18F2N6O/c20-14-6-7-16(17(21)12-14)19(28)26-10-8-25(9-11-26)13-18-22-23-24-27(18)15-4-2-1-3-5-15/h1-7,12H,8-11,13H2. The fourth-order valence-electron chi connectivity index (χ4n) is 3.22. The molecule has 3 aromatic rings. The number of benzene rings is 2. The summed E-state index contributed by atoms with van der Waals surface area (Å²) >= 11 is 0. The van der Waals surface area contributed by atoms with E-state index in [0.717, 1.165) is 17.8 Å². The van der Waals surface area contributed by atoms with Crippen LogP contribution in [0.3, 0.4) is 0 Å². The van der Waals surface area contributed by atoms with Crippen LogP contribution in [-0.4, -0.2) is 62.1 Å². The molecule has 4 rings (SSSR count). The van der Waals surface area contributed by atoms with Crippen LogP contribution in [0.2, 0.25) is 0 Å². The van der Waals surface area contributed by atoms with Crippen LogP contribution in [0.5, 0.6) is 0 Å². The molecule has 0 bridgehead atoms. The minimum absolute atomic E-state index is 0.108. The monoisotopic (exact) mass is 384 g/mol. The minimum Gasteiger partial charge on any atom is -0.336 e. The molecule has 0 N–H and O–H groups in total. The van der Waals surface area contributed by atoms with Gasteiger partial charge in [-0.1, -0.05) is 18.2 Å². The average Bonchev–Trinajstić information content (AvgIpc) is 3.17. The van der Waals surface area contributed by atoms with Crippen molar-refractivity contribution in [3.8, 4) is 5.69 Å². The van der Waals surface area contributed by atoms with Crippen molar-refractivity contribution in [2.75, 3.05) is 26.2 Å². The Balaban J connectivity index is 1.39. The highest BCUT2D eigenvalue weighted by Crippen LogP contribution is 2.15. The van der Waals surface area contributed by atoms with Crippen molar-refractivity contribution in [2.24, 2.45) is 0 Å². The second-order valence-corrected chi connectivity index (χ2v) is 6.53. The van der Waals surface area contributed by atoms with Gasteiger partial charge < -0.3 is 4.90 Å². The predicted molar refractivity (Wildman–Crippen MR) is 96.7 cm³/mol. The van der Waals surface area contributed by atoms with Crippen LogP contribution in [0.15, 0.2) is 48.5 Å². The van der Waals surface area contributed by atoms with Crippen molar-refractivity contribution in [2.45, 2.75) is 6.54 Å². The Kier molecular flexibility index (Phi) is 5.07. The lowest BCUT2D eigenvalue weighted by molar-refractivity contribution is 0.0620. The van der Waals surface area contributed by atoms with E-state index in [4.69, 9.17) is 0 Å². The first-order valence-electron chi connectivity index (χ1n) is 8.91. The quantitative estimate of drug-likeness (QED) is 0.687. The number of amides is 1. The van der Waals surface area contributed by atoms with Gasteiger partial charge in [-0.2, -0.15) is 4.68 Å². The fourth-order valence-corrected chi connectivity index (χ4v) is 3.22. The van der Waals surface area contributed by atoms with Crippen LogP contribution < -0.4 is 0 Å². The summed E-state index contributed by atoms with van der Waals surface area (Å²) in [5, 5.41) is 11.9. The van der Waals surface area contributed by atoms with Crippen molar-refractivity contribution >= 4 is 5.91 Å². The van der Waals surface area contributed by atoms with Gasteiger partial charge >= 0.3 is 0 Å². The molecule has 1 aliphatic rings. The minimum atomic E-state index is -0.838. The van der Waals surface area contributed by atoms with Gasteiger partial charge in [0.2, 0.25) is 0 Å². The first kappa shape index (κ1) is 18.2. The Morgan fingerprint density at radius 3 is 2.46 bits per heavy atom. The molecule has 0 atom stereocenters. The fraction of sp³-hybridized carbons (Fsp3) is 0.263. The zero-order valence-electron chi connectivity index (χ0n) is 15.0. The Bertz CT molecular complexity index is 970. The van der Waals surface area contributed by atoms with Gasteiger partial charge in [0.05, 0.1) is 17.8 Å². The molecule has 0 radical (unpaired) electrons. The summed E-state index contributed by atoms with van der Waals surface area (Å²) in [4.78, 5) is 16.2. The van der Waals surface area contributed by atoms with Crippen LogP contribution >= 0.6 is 0 Å². The van der Waals surface area contributed by atoms with Gasteiger partial charge in [0.25, 0.3) is 5.91 Å². The Labute approximate surface area is 160 Å². The van der Waals surface area contributed by atoms with Gasteiger partial charge in [-0.15, -0.1) is 5.10 Å². The number of tetrazole rings is 1. The van der Waals surface area contributed by atoms with Crippen LogP contribution in [0, 0.1) is 11.6 Å². The normalized spacial score (nSPS) is 15.0. The molecule has 28 heavy (non-hydrogen) atoms. The van der Waals surface area contributed by atoms with Gasteiger partial charge in [0, 0.05) is 32.2 Å². The smallest absolute Gasteiger partial charge is 0.256 e. The zero-order valence-corrected chi connectivity index (χ0v) is 15.0. The molecule has 1 aliphatic heterocycles. The number of aromatic nitrogens is 4. The molecule has 1 aromatic heterocycles. The lowest BCUT2D eigenvalue weighted by Gasteiger charge is -2.34. The molecule has 0 saturated carbocycles. The molecule has 0 spiro atoms. The molecule has 7 nitrogen and oxygen atoms in total. The number of carbonyl (C=O) groups excluding carboxylic acids is 1. The Morgan fingerprint density at radius 2 is 1.75 bits per heavy atom. The van der Waals surface area contributed by atoms with Crippen LogP contribution in [-0.2, 0) is 6.54 Å².